The van der Waals surface area contributed by atoms with Gasteiger partial charge < -0.3 is 19.3 Å². The molecular formula is C31H40Cl3N3O5. The molecule has 0 unspecified atom stereocenters. The van der Waals surface area contributed by atoms with E-state index in [0.717, 1.165) is 55.5 Å². The number of nitrogens with zero attached hydrogens (tertiary/aromatic N) is 3. The number of halogens is 3. The fourth-order valence-corrected chi connectivity index (χ4v) is 6.26. The van der Waals surface area contributed by atoms with Crippen LogP contribution >= 0.6 is 35.6 Å². The van der Waals surface area contributed by atoms with Gasteiger partial charge in [-0.3, -0.25) is 19.3 Å². The number of rotatable bonds is 11. The number of amides is 1. The first-order chi connectivity index (χ1) is 19.7. The Hall–Kier alpha value is -2.52. The normalized spacial score (nSPS) is 18.0. The third kappa shape index (κ3) is 8.31. The molecule has 1 aliphatic carbocycles. The smallest absolute Gasteiger partial charge is 0.325 e. The van der Waals surface area contributed by atoms with Crippen LogP contribution in [0.1, 0.15) is 55.8 Å². The molecule has 0 spiro atoms. The van der Waals surface area contributed by atoms with Crippen molar-refractivity contribution in [3.05, 3.63) is 63.1 Å². The summed E-state index contributed by atoms with van der Waals surface area (Å²) in [6.07, 6.45) is 4.31. The van der Waals surface area contributed by atoms with Crippen LogP contribution in [0, 0.1) is 0 Å². The molecule has 2 atom stereocenters. The predicted molar refractivity (Wildman–Crippen MR) is 168 cm³/mol. The summed E-state index contributed by atoms with van der Waals surface area (Å²) in [5, 5.41) is 0.875. The molecule has 230 valence electrons. The minimum atomic E-state index is -0.421. The maximum absolute atomic E-state index is 13.7. The van der Waals surface area contributed by atoms with Crippen LogP contribution < -0.4 is 4.90 Å². The first kappa shape index (κ1) is 34.0. The van der Waals surface area contributed by atoms with Crippen LogP contribution in [0.5, 0.6) is 0 Å². The van der Waals surface area contributed by atoms with Crippen LogP contribution in [-0.4, -0.2) is 80.1 Å². The lowest BCUT2D eigenvalue weighted by Crippen LogP contribution is -2.48. The molecule has 1 amide bonds. The van der Waals surface area contributed by atoms with Gasteiger partial charge >= 0.3 is 11.9 Å². The number of aryl methyl sites for hydroxylation is 1. The van der Waals surface area contributed by atoms with Crippen molar-refractivity contribution < 1.29 is 23.9 Å². The summed E-state index contributed by atoms with van der Waals surface area (Å²) >= 11 is 12.3. The lowest BCUT2D eigenvalue weighted by atomic mass is 9.82. The van der Waals surface area contributed by atoms with Crippen LogP contribution in [-0.2, 0) is 36.7 Å². The summed E-state index contributed by atoms with van der Waals surface area (Å²) in [7, 11) is 1.87. The molecule has 2 aliphatic rings. The number of fused-ring (bicyclic) bond motifs is 1. The van der Waals surface area contributed by atoms with E-state index < -0.39 is 11.9 Å². The van der Waals surface area contributed by atoms with Crippen LogP contribution in [0.4, 0.5) is 5.69 Å². The van der Waals surface area contributed by atoms with Crippen LogP contribution in [0.15, 0.2) is 36.4 Å². The van der Waals surface area contributed by atoms with E-state index in [2.05, 4.69) is 11.0 Å². The number of likely N-dealkylation sites (tertiary alicyclic amines) is 1. The number of hydrogen-bond donors (Lipinski definition) is 0. The standard InChI is InChI=1S/C31H39Cl2N3O5.ClH/c1-4-40-29(38)19-36(20-30(39)41-5-2)23-11-9-22-10-13-27(35-14-6-7-15-35)31(24(22)18-23)34(3)28(37)17-21-8-12-25(32)26(33)16-21;/h8-9,11-12,16,18,27,31H,4-7,10,13-15,17,19-20H2,1-3H3;1H/t27-,31-;/m0./s1. The first-order valence-corrected chi connectivity index (χ1v) is 15.1. The number of esters is 2. The highest BCUT2D eigenvalue weighted by atomic mass is 35.5. The third-order valence-electron chi connectivity index (χ3n) is 7.90. The number of carbonyl (C=O) groups excluding carboxylic acids is 3. The van der Waals surface area contributed by atoms with Gasteiger partial charge in [0.2, 0.25) is 5.91 Å². The Morgan fingerprint density at radius 2 is 1.57 bits per heavy atom. The van der Waals surface area contributed by atoms with Gasteiger partial charge in [0.05, 0.1) is 35.7 Å². The Morgan fingerprint density at radius 3 is 2.17 bits per heavy atom. The fourth-order valence-electron chi connectivity index (χ4n) is 5.94. The van der Waals surface area contributed by atoms with Gasteiger partial charge in [0.15, 0.2) is 0 Å². The van der Waals surface area contributed by atoms with Crippen molar-refractivity contribution >= 4 is 59.1 Å². The highest BCUT2D eigenvalue weighted by molar-refractivity contribution is 6.42. The van der Waals surface area contributed by atoms with Gasteiger partial charge in [0.1, 0.15) is 13.1 Å². The second kappa shape index (κ2) is 15.8. The van der Waals surface area contributed by atoms with Gasteiger partial charge in [-0.2, -0.15) is 0 Å². The van der Waals surface area contributed by atoms with Crippen molar-refractivity contribution in [1.29, 1.82) is 0 Å². The summed E-state index contributed by atoms with van der Waals surface area (Å²) in [4.78, 5) is 44.7. The Morgan fingerprint density at radius 1 is 0.929 bits per heavy atom. The maximum atomic E-state index is 13.7. The average Bonchev–Trinajstić information content (AvgIpc) is 3.48. The molecule has 11 heteroatoms. The van der Waals surface area contributed by atoms with E-state index in [1.54, 1.807) is 30.9 Å². The molecular weight excluding hydrogens is 601 g/mol. The molecule has 0 saturated carbocycles. The van der Waals surface area contributed by atoms with Gasteiger partial charge in [0, 0.05) is 18.8 Å². The largest absolute Gasteiger partial charge is 0.465 e. The molecule has 1 aliphatic heterocycles. The molecule has 2 aromatic carbocycles. The first-order valence-electron chi connectivity index (χ1n) is 14.3. The van der Waals surface area contributed by atoms with Crippen LogP contribution in [0.25, 0.3) is 0 Å². The van der Waals surface area contributed by atoms with E-state index in [-0.39, 0.29) is 63.1 Å². The monoisotopic (exact) mass is 639 g/mol. The molecule has 2 aromatic rings. The van der Waals surface area contributed by atoms with Crippen molar-refractivity contribution in [1.82, 2.24) is 9.80 Å². The quantitative estimate of drug-likeness (QED) is 0.300. The fraction of sp³-hybridized carbons (Fsp3) is 0.516. The molecule has 8 nitrogen and oxygen atoms in total. The van der Waals surface area contributed by atoms with E-state index in [1.807, 2.05) is 30.1 Å². The maximum Gasteiger partial charge on any atom is 0.325 e. The lowest BCUT2D eigenvalue weighted by molar-refractivity contribution is -0.142. The number of hydrogen-bond acceptors (Lipinski definition) is 7. The topological polar surface area (TPSA) is 79.4 Å². The van der Waals surface area contributed by atoms with Crippen molar-refractivity contribution in [2.24, 2.45) is 0 Å². The van der Waals surface area contributed by atoms with E-state index in [9.17, 15) is 14.4 Å². The number of benzene rings is 2. The van der Waals surface area contributed by atoms with Gasteiger partial charge in [-0.15, -0.1) is 12.4 Å². The SMILES string of the molecule is CCOC(=O)CN(CC(=O)OCC)c1ccc2c(c1)[C@H](N(C)C(=O)Cc1ccc(Cl)c(Cl)c1)[C@@H](N1CCCC1)CC2.Cl. The Bertz CT molecular complexity index is 1230. The van der Waals surface area contributed by atoms with Gasteiger partial charge in [0.25, 0.3) is 0 Å². The van der Waals surface area contributed by atoms with Crippen molar-refractivity contribution in [2.75, 3.05) is 51.3 Å². The summed E-state index contributed by atoms with van der Waals surface area (Å²) in [5.41, 5.74) is 3.71. The van der Waals surface area contributed by atoms with Crippen LogP contribution in [0.3, 0.4) is 0 Å². The number of ether oxygens (including phenoxy) is 2. The molecule has 0 N–H and O–H groups in total. The van der Waals surface area contributed by atoms with E-state index in [0.29, 0.717) is 15.7 Å². The zero-order valence-corrected chi connectivity index (χ0v) is 26.8. The highest BCUT2D eigenvalue weighted by Gasteiger charge is 2.39. The highest BCUT2D eigenvalue weighted by Crippen LogP contribution is 2.40. The number of carbonyl (C=O) groups is 3. The molecule has 1 saturated heterocycles. The minimum Gasteiger partial charge on any atom is -0.465 e. The summed E-state index contributed by atoms with van der Waals surface area (Å²) < 4.78 is 10.4. The van der Waals surface area contributed by atoms with Crippen LogP contribution in [0.2, 0.25) is 10.0 Å². The second-order valence-electron chi connectivity index (χ2n) is 10.6. The summed E-state index contributed by atoms with van der Waals surface area (Å²) in [6.45, 7) is 5.84. The summed E-state index contributed by atoms with van der Waals surface area (Å²) in [6, 6.07) is 11.3. The Balaban J connectivity index is 0.00000484. The number of anilines is 1. The minimum absolute atomic E-state index is 0. The van der Waals surface area contributed by atoms with Crippen molar-refractivity contribution in [3.8, 4) is 0 Å². The Kier molecular flexibility index (Phi) is 12.8. The summed E-state index contributed by atoms with van der Waals surface area (Å²) in [5.74, 6) is -0.865. The van der Waals surface area contributed by atoms with Gasteiger partial charge in [-0.25, -0.2) is 0 Å². The van der Waals surface area contributed by atoms with Crippen molar-refractivity contribution in [3.63, 3.8) is 0 Å². The molecule has 42 heavy (non-hydrogen) atoms. The van der Waals surface area contributed by atoms with E-state index in [4.69, 9.17) is 32.7 Å². The molecule has 0 bridgehead atoms. The zero-order valence-electron chi connectivity index (χ0n) is 24.4. The molecule has 1 fully saturated rings. The lowest BCUT2D eigenvalue weighted by Gasteiger charge is -2.44. The van der Waals surface area contributed by atoms with Gasteiger partial charge in [-0.05, 0) is 93.6 Å². The number of likely N-dealkylation sites (N-methyl/N-ethyl adjacent to an activating group) is 1. The zero-order chi connectivity index (χ0) is 29.5. The van der Waals surface area contributed by atoms with E-state index >= 15 is 0 Å². The molecule has 0 radical (unpaired) electrons. The van der Waals surface area contributed by atoms with Crippen molar-refractivity contribution in [2.45, 2.75) is 58.0 Å². The molecule has 4 rings (SSSR count). The predicted octanol–water partition coefficient (Wildman–Crippen LogP) is 5.50. The van der Waals surface area contributed by atoms with Gasteiger partial charge in [-0.1, -0.05) is 35.3 Å². The second-order valence-corrected chi connectivity index (χ2v) is 11.4. The molecule has 0 aromatic heterocycles. The average molecular weight is 641 g/mol. The Labute approximate surface area is 264 Å². The third-order valence-corrected chi connectivity index (χ3v) is 8.64. The van der Waals surface area contributed by atoms with E-state index in [1.165, 1.54) is 0 Å². The molecule has 1 heterocycles.